The van der Waals surface area contributed by atoms with Crippen LogP contribution < -0.4 is 14.8 Å². The Hall–Kier alpha value is -3.28. The molecule has 2 N–H and O–H groups in total. The summed E-state index contributed by atoms with van der Waals surface area (Å²) >= 11 is 0. The number of ether oxygens (including phenoxy) is 2. The first kappa shape index (κ1) is 19.5. The van der Waals surface area contributed by atoms with Crippen LogP contribution in [0.3, 0.4) is 0 Å². The van der Waals surface area contributed by atoms with Gasteiger partial charge in [0.25, 0.3) is 0 Å². The number of rotatable bonds is 8. The topological polar surface area (TPSA) is 76.2 Å². The Kier molecular flexibility index (Phi) is 6.32. The quantitative estimate of drug-likeness (QED) is 0.614. The van der Waals surface area contributed by atoms with Crippen molar-refractivity contribution in [1.29, 1.82) is 0 Å². The van der Waals surface area contributed by atoms with E-state index in [4.69, 9.17) is 9.47 Å². The number of aromatic amines is 1. The van der Waals surface area contributed by atoms with Crippen LogP contribution in [0, 0.1) is 0 Å². The lowest BCUT2D eigenvalue weighted by Crippen LogP contribution is -2.15. The molecule has 0 aliphatic carbocycles. The average molecular weight is 379 g/mol. The molecule has 0 spiro atoms. The third kappa shape index (κ3) is 4.52. The van der Waals surface area contributed by atoms with Crippen LogP contribution in [0.15, 0.2) is 48.5 Å². The Labute approximate surface area is 164 Å². The molecule has 0 aliphatic rings. The van der Waals surface area contributed by atoms with Gasteiger partial charge in [0.15, 0.2) is 0 Å². The Morgan fingerprint density at radius 2 is 1.82 bits per heavy atom. The van der Waals surface area contributed by atoms with Crippen LogP contribution in [0.2, 0.25) is 0 Å². The standard InChI is InChI=1S/C22H25N3O3/c1-4-6-19-22(21(25-24-19)16-7-5-8-18(14-16)28-3)23-20(26)13-15-9-11-17(27-2)12-10-15/h5,7-12,14H,4,6,13H2,1-3H3,(H,23,26)(H,24,25). The van der Waals surface area contributed by atoms with E-state index in [0.717, 1.165) is 46.8 Å². The van der Waals surface area contributed by atoms with Gasteiger partial charge in [0.2, 0.25) is 5.91 Å². The zero-order valence-electron chi connectivity index (χ0n) is 16.4. The average Bonchev–Trinajstić information content (AvgIpc) is 3.11. The summed E-state index contributed by atoms with van der Waals surface area (Å²) in [5, 5.41) is 10.6. The fourth-order valence-electron chi connectivity index (χ4n) is 3.04. The summed E-state index contributed by atoms with van der Waals surface area (Å²) in [6.45, 7) is 2.09. The highest BCUT2D eigenvalue weighted by atomic mass is 16.5. The molecule has 1 amide bonds. The maximum absolute atomic E-state index is 12.7. The van der Waals surface area contributed by atoms with Crippen molar-refractivity contribution in [1.82, 2.24) is 10.2 Å². The highest BCUT2D eigenvalue weighted by Crippen LogP contribution is 2.31. The second-order valence-corrected chi connectivity index (χ2v) is 6.48. The normalized spacial score (nSPS) is 10.5. The molecular formula is C22H25N3O3. The predicted octanol–water partition coefficient (Wildman–Crippen LogP) is 4.23. The summed E-state index contributed by atoms with van der Waals surface area (Å²) in [7, 11) is 3.25. The van der Waals surface area contributed by atoms with Gasteiger partial charge in [0, 0.05) is 5.56 Å². The fourth-order valence-corrected chi connectivity index (χ4v) is 3.04. The van der Waals surface area contributed by atoms with Gasteiger partial charge in [0.1, 0.15) is 17.2 Å². The van der Waals surface area contributed by atoms with E-state index in [0.29, 0.717) is 5.69 Å². The third-order valence-electron chi connectivity index (χ3n) is 4.47. The Morgan fingerprint density at radius 1 is 1.07 bits per heavy atom. The molecule has 0 saturated carbocycles. The first-order valence-corrected chi connectivity index (χ1v) is 9.29. The van der Waals surface area contributed by atoms with Gasteiger partial charge < -0.3 is 14.8 Å². The van der Waals surface area contributed by atoms with Gasteiger partial charge in [-0.25, -0.2) is 0 Å². The summed E-state index contributed by atoms with van der Waals surface area (Å²) in [5.74, 6) is 1.42. The molecule has 3 rings (SSSR count). The summed E-state index contributed by atoms with van der Waals surface area (Å²) in [5.41, 5.74) is 4.17. The molecule has 1 aromatic heterocycles. The Balaban J connectivity index is 1.84. The maximum atomic E-state index is 12.7. The molecular weight excluding hydrogens is 354 g/mol. The number of methoxy groups -OCH3 is 2. The number of carbonyl (C=O) groups is 1. The van der Waals surface area contributed by atoms with Crippen molar-refractivity contribution in [2.45, 2.75) is 26.2 Å². The van der Waals surface area contributed by atoms with E-state index in [9.17, 15) is 4.79 Å². The molecule has 0 atom stereocenters. The van der Waals surface area contributed by atoms with Gasteiger partial charge in [-0.05, 0) is 36.2 Å². The Morgan fingerprint density at radius 3 is 2.50 bits per heavy atom. The number of amides is 1. The number of hydrogen-bond donors (Lipinski definition) is 2. The minimum atomic E-state index is -0.0898. The van der Waals surface area contributed by atoms with E-state index < -0.39 is 0 Å². The zero-order chi connectivity index (χ0) is 19.9. The number of aromatic nitrogens is 2. The van der Waals surface area contributed by atoms with E-state index in [2.05, 4.69) is 22.4 Å². The van der Waals surface area contributed by atoms with E-state index in [1.165, 1.54) is 0 Å². The minimum absolute atomic E-state index is 0.0898. The van der Waals surface area contributed by atoms with Gasteiger partial charge in [0.05, 0.1) is 32.0 Å². The molecule has 3 aromatic rings. The van der Waals surface area contributed by atoms with E-state index in [-0.39, 0.29) is 12.3 Å². The molecule has 0 saturated heterocycles. The number of carbonyl (C=O) groups excluding carboxylic acids is 1. The first-order valence-electron chi connectivity index (χ1n) is 9.29. The van der Waals surface area contributed by atoms with Gasteiger partial charge >= 0.3 is 0 Å². The van der Waals surface area contributed by atoms with Crippen molar-refractivity contribution in [2.24, 2.45) is 0 Å². The number of H-pyrrole nitrogens is 1. The summed E-state index contributed by atoms with van der Waals surface area (Å²) < 4.78 is 10.5. The van der Waals surface area contributed by atoms with Gasteiger partial charge in [-0.15, -0.1) is 0 Å². The van der Waals surface area contributed by atoms with Crippen LogP contribution in [0.1, 0.15) is 24.6 Å². The van der Waals surface area contributed by atoms with Crippen LogP contribution in [0.25, 0.3) is 11.3 Å². The first-order chi connectivity index (χ1) is 13.6. The maximum Gasteiger partial charge on any atom is 0.228 e. The monoisotopic (exact) mass is 379 g/mol. The lowest BCUT2D eigenvalue weighted by atomic mass is 10.1. The van der Waals surface area contributed by atoms with E-state index in [1.807, 2.05) is 48.5 Å². The highest BCUT2D eigenvalue weighted by molar-refractivity contribution is 5.96. The third-order valence-corrected chi connectivity index (χ3v) is 4.47. The van der Waals surface area contributed by atoms with Crippen molar-refractivity contribution < 1.29 is 14.3 Å². The molecule has 146 valence electrons. The lowest BCUT2D eigenvalue weighted by Gasteiger charge is -2.10. The highest BCUT2D eigenvalue weighted by Gasteiger charge is 2.17. The molecule has 6 heteroatoms. The van der Waals surface area contributed by atoms with Crippen molar-refractivity contribution in [3.8, 4) is 22.8 Å². The summed E-state index contributed by atoms with van der Waals surface area (Å²) in [6, 6.07) is 15.1. The molecule has 0 aliphatic heterocycles. The number of anilines is 1. The lowest BCUT2D eigenvalue weighted by molar-refractivity contribution is -0.115. The van der Waals surface area contributed by atoms with Crippen molar-refractivity contribution in [3.05, 3.63) is 59.8 Å². The minimum Gasteiger partial charge on any atom is -0.497 e. The van der Waals surface area contributed by atoms with Crippen molar-refractivity contribution in [3.63, 3.8) is 0 Å². The van der Waals surface area contributed by atoms with Gasteiger partial charge in [-0.3, -0.25) is 9.89 Å². The molecule has 2 aromatic carbocycles. The van der Waals surface area contributed by atoms with Crippen LogP contribution in [0.5, 0.6) is 11.5 Å². The molecule has 0 fully saturated rings. The molecule has 6 nitrogen and oxygen atoms in total. The van der Waals surface area contributed by atoms with E-state index >= 15 is 0 Å². The van der Waals surface area contributed by atoms with E-state index in [1.54, 1.807) is 14.2 Å². The predicted molar refractivity (Wildman–Crippen MR) is 110 cm³/mol. The number of nitrogens with zero attached hydrogens (tertiary/aromatic N) is 1. The van der Waals surface area contributed by atoms with Crippen molar-refractivity contribution >= 4 is 11.6 Å². The largest absolute Gasteiger partial charge is 0.497 e. The second-order valence-electron chi connectivity index (χ2n) is 6.48. The van der Waals surface area contributed by atoms with Crippen LogP contribution in [-0.4, -0.2) is 30.3 Å². The molecule has 1 heterocycles. The van der Waals surface area contributed by atoms with Crippen LogP contribution in [-0.2, 0) is 17.6 Å². The SMILES string of the molecule is CCCc1[nH]nc(-c2cccc(OC)c2)c1NC(=O)Cc1ccc(OC)cc1. The number of aryl methyl sites for hydroxylation is 1. The Bertz CT molecular complexity index is 932. The smallest absolute Gasteiger partial charge is 0.228 e. The van der Waals surface area contributed by atoms with Gasteiger partial charge in [-0.1, -0.05) is 37.6 Å². The molecule has 28 heavy (non-hydrogen) atoms. The molecule has 0 radical (unpaired) electrons. The second kappa shape index (κ2) is 9.08. The number of hydrogen-bond acceptors (Lipinski definition) is 4. The number of nitrogens with one attached hydrogen (secondary N) is 2. The van der Waals surface area contributed by atoms with Crippen LogP contribution >= 0.6 is 0 Å². The summed E-state index contributed by atoms with van der Waals surface area (Å²) in [6.07, 6.45) is 2.02. The van der Waals surface area contributed by atoms with Crippen molar-refractivity contribution in [2.75, 3.05) is 19.5 Å². The fraction of sp³-hybridized carbons (Fsp3) is 0.273. The molecule has 0 bridgehead atoms. The summed E-state index contributed by atoms with van der Waals surface area (Å²) in [4.78, 5) is 12.7. The van der Waals surface area contributed by atoms with Gasteiger partial charge in [-0.2, -0.15) is 5.10 Å². The van der Waals surface area contributed by atoms with Crippen LogP contribution in [0.4, 0.5) is 5.69 Å². The number of benzene rings is 2. The zero-order valence-corrected chi connectivity index (χ0v) is 16.4. The molecule has 0 unspecified atom stereocenters.